The van der Waals surface area contributed by atoms with Gasteiger partial charge in [-0.15, -0.1) is 10.2 Å². The summed E-state index contributed by atoms with van der Waals surface area (Å²) in [7, 11) is 0. The Balaban J connectivity index is 1.59. The highest BCUT2D eigenvalue weighted by Gasteiger charge is 2.20. The van der Waals surface area contributed by atoms with Crippen LogP contribution in [0.25, 0.3) is 17.3 Å². The molecule has 0 saturated heterocycles. The van der Waals surface area contributed by atoms with Gasteiger partial charge >= 0.3 is 5.97 Å². The second-order valence-electron chi connectivity index (χ2n) is 5.07. The number of carbonyl (C=O) groups excluding carboxylic acids is 1. The molecular formula is C15H11N9O2. The van der Waals surface area contributed by atoms with Crippen LogP contribution in [-0.2, 0) is 11.3 Å². The quantitative estimate of drug-likeness (QED) is 0.369. The summed E-state index contributed by atoms with van der Waals surface area (Å²) in [4.78, 5) is 16.1. The molecule has 26 heavy (non-hydrogen) atoms. The van der Waals surface area contributed by atoms with Gasteiger partial charge in [0.15, 0.2) is 0 Å². The molecule has 0 atom stereocenters. The average Bonchev–Trinajstić information content (AvgIpc) is 3.32. The van der Waals surface area contributed by atoms with Crippen LogP contribution >= 0.6 is 0 Å². The van der Waals surface area contributed by atoms with E-state index in [0.29, 0.717) is 11.4 Å². The van der Waals surface area contributed by atoms with Crippen LogP contribution in [0.3, 0.4) is 0 Å². The Labute approximate surface area is 146 Å². The fourth-order valence-electron chi connectivity index (χ4n) is 2.23. The van der Waals surface area contributed by atoms with Crippen LogP contribution in [0.1, 0.15) is 0 Å². The second kappa shape index (κ2) is 6.84. The summed E-state index contributed by atoms with van der Waals surface area (Å²) < 4.78 is 7.98. The molecule has 4 aromatic rings. The van der Waals surface area contributed by atoms with Crippen molar-refractivity contribution in [2.45, 2.75) is 6.54 Å². The molecule has 0 N–H and O–H groups in total. The fraction of sp³-hybridized carbons (Fsp3) is 0.0667. The van der Waals surface area contributed by atoms with E-state index < -0.39 is 5.97 Å². The number of tetrazole rings is 2. The van der Waals surface area contributed by atoms with Crippen molar-refractivity contribution < 1.29 is 9.53 Å². The van der Waals surface area contributed by atoms with Crippen LogP contribution in [0, 0.1) is 0 Å². The first-order valence-corrected chi connectivity index (χ1v) is 7.52. The van der Waals surface area contributed by atoms with E-state index in [9.17, 15) is 4.79 Å². The molecule has 3 aromatic heterocycles. The highest BCUT2D eigenvalue weighted by atomic mass is 16.5. The molecule has 3 heterocycles. The lowest BCUT2D eigenvalue weighted by Gasteiger charge is -2.06. The predicted molar refractivity (Wildman–Crippen MR) is 85.8 cm³/mol. The molecule has 1 aromatic carbocycles. The largest absolute Gasteiger partial charge is 0.425 e. The van der Waals surface area contributed by atoms with E-state index in [1.54, 1.807) is 48.8 Å². The molecule has 0 amide bonds. The summed E-state index contributed by atoms with van der Waals surface area (Å²) in [6, 6.07) is 12.2. The predicted octanol–water partition coefficient (Wildman–Crippen LogP) is 0.316. The van der Waals surface area contributed by atoms with Crippen molar-refractivity contribution in [2.24, 2.45) is 0 Å². The van der Waals surface area contributed by atoms with Gasteiger partial charge in [-0.2, -0.15) is 4.68 Å². The highest BCUT2D eigenvalue weighted by molar-refractivity contribution is 5.72. The average molecular weight is 349 g/mol. The van der Waals surface area contributed by atoms with Crippen molar-refractivity contribution in [3.63, 3.8) is 0 Å². The van der Waals surface area contributed by atoms with Gasteiger partial charge in [-0.1, -0.05) is 18.2 Å². The van der Waals surface area contributed by atoms with Crippen molar-refractivity contribution in [1.82, 2.24) is 45.4 Å². The first-order chi connectivity index (χ1) is 12.8. The lowest BCUT2D eigenvalue weighted by atomic mass is 10.3. The number of hydrogen-bond donors (Lipinski definition) is 0. The van der Waals surface area contributed by atoms with Gasteiger partial charge in [-0.05, 0) is 45.1 Å². The van der Waals surface area contributed by atoms with Gasteiger partial charge in [-0.3, -0.25) is 4.98 Å². The monoisotopic (exact) mass is 349 g/mol. The zero-order chi connectivity index (χ0) is 17.8. The van der Waals surface area contributed by atoms with Crippen molar-refractivity contribution in [3.05, 3.63) is 54.9 Å². The Kier molecular flexibility index (Phi) is 4.08. The van der Waals surface area contributed by atoms with Gasteiger partial charge in [0.25, 0.3) is 0 Å². The van der Waals surface area contributed by atoms with Gasteiger partial charge in [0.1, 0.15) is 12.3 Å². The van der Waals surface area contributed by atoms with E-state index in [4.69, 9.17) is 4.74 Å². The SMILES string of the molecule is O=C(Cn1nnnc1-c1nnnn1-c1ccncc1)Oc1ccccc1. The molecular weight excluding hydrogens is 338 g/mol. The maximum absolute atomic E-state index is 12.2. The summed E-state index contributed by atoms with van der Waals surface area (Å²) in [5, 5.41) is 22.9. The molecule has 0 aliphatic carbocycles. The topological polar surface area (TPSA) is 126 Å². The molecule has 0 spiro atoms. The van der Waals surface area contributed by atoms with Crippen LogP contribution in [0.2, 0.25) is 0 Å². The van der Waals surface area contributed by atoms with Crippen LogP contribution < -0.4 is 4.74 Å². The van der Waals surface area contributed by atoms with Gasteiger partial charge in [-0.25, -0.2) is 9.48 Å². The zero-order valence-electron chi connectivity index (χ0n) is 13.2. The summed E-state index contributed by atoms with van der Waals surface area (Å²) in [6.45, 7) is -0.194. The molecule has 0 fully saturated rings. The lowest BCUT2D eigenvalue weighted by molar-refractivity contribution is -0.135. The number of nitrogens with zero attached hydrogens (tertiary/aromatic N) is 9. The number of ether oxygens (including phenoxy) is 1. The molecule has 4 rings (SSSR count). The third-order valence-electron chi connectivity index (χ3n) is 3.36. The molecule has 11 heteroatoms. The van der Waals surface area contributed by atoms with E-state index >= 15 is 0 Å². The Hall–Kier alpha value is -4.02. The Bertz CT molecular complexity index is 1010. The van der Waals surface area contributed by atoms with Crippen molar-refractivity contribution >= 4 is 5.97 Å². The minimum Gasteiger partial charge on any atom is -0.425 e. The third kappa shape index (κ3) is 3.13. The number of aromatic nitrogens is 9. The maximum Gasteiger partial charge on any atom is 0.333 e. The van der Waals surface area contributed by atoms with E-state index in [2.05, 4.69) is 36.0 Å². The molecule has 11 nitrogen and oxygen atoms in total. The normalized spacial score (nSPS) is 10.6. The number of esters is 1. The van der Waals surface area contributed by atoms with Crippen molar-refractivity contribution in [1.29, 1.82) is 0 Å². The van der Waals surface area contributed by atoms with Crippen LogP contribution in [0.4, 0.5) is 0 Å². The summed E-state index contributed by atoms with van der Waals surface area (Å²) >= 11 is 0. The summed E-state index contributed by atoms with van der Waals surface area (Å²) in [5.41, 5.74) is 0.682. The second-order valence-corrected chi connectivity index (χ2v) is 5.07. The molecule has 0 radical (unpaired) electrons. The van der Waals surface area contributed by atoms with Gasteiger partial charge in [0, 0.05) is 12.4 Å². The number of hydrogen-bond acceptors (Lipinski definition) is 9. The summed E-state index contributed by atoms with van der Waals surface area (Å²) in [5.74, 6) is 0.437. The number of para-hydroxylation sites is 1. The van der Waals surface area contributed by atoms with Crippen LogP contribution in [-0.4, -0.2) is 51.4 Å². The van der Waals surface area contributed by atoms with E-state index in [-0.39, 0.29) is 18.2 Å². The summed E-state index contributed by atoms with van der Waals surface area (Å²) in [6.07, 6.45) is 3.22. The van der Waals surface area contributed by atoms with Gasteiger partial charge < -0.3 is 4.74 Å². The molecule has 0 unspecified atom stereocenters. The number of benzene rings is 1. The molecule has 0 aliphatic rings. The molecule has 128 valence electrons. The van der Waals surface area contributed by atoms with E-state index in [0.717, 1.165) is 0 Å². The molecule has 0 aliphatic heterocycles. The van der Waals surface area contributed by atoms with E-state index in [1.165, 1.54) is 9.36 Å². The lowest BCUT2D eigenvalue weighted by Crippen LogP contribution is -2.19. The maximum atomic E-state index is 12.2. The highest BCUT2D eigenvalue weighted by Crippen LogP contribution is 2.16. The zero-order valence-corrected chi connectivity index (χ0v) is 13.2. The first kappa shape index (κ1) is 15.5. The smallest absolute Gasteiger partial charge is 0.333 e. The number of carbonyl (C=O) groups is 1. The van der Waals surface area contributed by atoms with Crippen LogP contribution in [0.5, 0.6) is 5.75 Å². The van der Waals surface area contributed by atoms with Gasteiger partial charge in [0.05, 0.1) is 5.69 Å². The van der Waals surface area contributed by atoms with E-state index in [1.807, 2.05) is 6.07 Å². The first-order valence-electron chi connectivity index (χ1n) is 7.52. The minimum absolute atomic E-state index is 0.194. The van der Waals surface area contributed by atoms with Gasteiger partial charge in [0.2, 0.25) is 11.6 Å². The minimum atomic E-state index is -0.521. The molecule has 0 saturated carbocycles. The Morgan fingerprint density at radius 3 is 2.46 bits per heavy atom. The third-order valence-corrected chi connectivity index (χ3v) is 3.36. The van der Waals surface area contributed by atoms with Crippen molar-refractivity contribution in [2.75, 3.05) is 0 Å². The fourth-order valence-corrected chi connectivity index (χ4v) is 2.23. The van der Waals surface area contributed by atoms with Crippen molar-refractivity contribution in [3.8, 4) is 23.1 Å². The Morgan fingerprint density at radius 2 is 1.65 bits per heavy atom. The number of rotatable bonds is 5. The molecule has 0 bridgehead atoms. The van der Waals surface area contributed by atoms with Crippen LogP contribution in [0.15, 0.2) is 54.9 Å². The standard InChI is InChI=1S/C15H11N9O2/c25-13(26-12-4-2-1-3-5-12)10-23-14(17-19-21-23)15-18-20-22-24(15)11-6-8-16-9-7-11/h1-9H,10H2. The number of pyridine rings is 1. The Morgan fingerprint density at radius 1 is 0.923 bits per heavy atom.